The fourth-order valence-corrected chi connectivity index (χ4v) is 3.48. The molecule has 0 N–H and O–H groups in total. The fourth-order valence-electron chi connectivity index (χ4n) is 3.48. The number of methoxy groups -OCH3 is 1. The van der Waals surface area contributed by atoms with E-state index in [9.17, 15) is 9.18 Å². The van der Waals surface area contributed by atoms with Crippen molar-refractivity contribution in [3.05, 3.63) is 99.2 Å². The molecule has 0 unspecified atom stereocenters. The van der Waals surface area contributed by atoms with Crippen LogP contribution in [0.15, 0.2) is 69.9 Å². The monoisotopic (exact) mass is 411 g/mol. The maximum atomic E-state index is 13.8. The van der Waals surface area contributed by atoms with Crippen LogP contribution in [-0.2, 0) is 0 Å². The van der Waals surface area contributed by atoms with Crippen LogP contribution in [0.4, 0.5) is 4.39 Å². The number of fused-ring (bicyclic) bond motifs is 1. The van der Waals surface area contributed by atoms with E-state index in [-0.39, 0.29) is 16.4 Å². The van der Waals surface area contributed by atoms with E-state index >= 15 is 0 Å². The summed E-state index contributed by atoms with van der Waals surface area (Å²) in [6, 6.07) is 18.3. The fraction of sp³-hybridized carbons (Fsp3) is 0.0769. The Kier molecular flexibility index (Phi) is 5.38. The van der Waals surface area contributed by atoms with Gasteiger partial charge in [0.05, 0.1) is 29.7 Å². The highest BCUT2D eigenvalue weighted by molar-refractivity contribution is 5.87. The average molecular weight is 411 g/mol. The van der Waals surface area contributed by atoms with Crippen molar-refractivity contribution in [1.29, 1.82) is 5.26 Å². The highest BCUT2D eigenvalue weighted by atomic mass is 19.1. The van der Waals surface area contributed by atoms with Crippen molar-refractivity contribution in [2.45, 2.75) is 6.92 Å². The third-order valence-corrected chi connectivity index (χ3v) is 5.14. The number of nitriles is 1. The topological polar surface area (TPSA) is 63.2 Å². The van der Waals surface area contributed by atoms with E-state index in [0.29, 0.717) is 22.5 Å². The minimum absolute atomic E-state index is 0.171. The van der Waals surface area contributed by atoms with Crippen molar-refractivity contribution in [2.24, 2.45) is 0 Å². The molecule has 0 fully saturated rings. The molecule has 5 heteroatoms. The lowest BCUT2D eigenvalue weighted by molar-refractivity contribution is 0.411. The van der Waals surface area contributed by atoms with Crippen LogP contribution in [0.25, 0.3) is 34.2 Å². The van der Waals surface area contributed by atoms with E-state index in [1.165, 1.54) is 18.2 Å². The first-order chi connectivity index (χ1) is 15.0. The Morgan fingerprint density at radius 1 is 1.06 bits per heavy atom. The van der Waals surface area contributed by atoms with E-state index in [0.717, 1.165) is 16.9 Å². The molecule has 0 saturated carbocycles. The third kappa shape index (κ3) is 3.84. The summed E-state index contributed by atoms with van der Waals surface area (Å²) in [6.07, 6.45) is 3.52. The molecule has 0 atom stereocenters. The summed E-state index contributed by atoms with van der Waals surface area (Å²) >= 11 is 0. The lowest BCUT2D eigenvalue weighted by Crippen LogP contribution is -2.07. The first-order valence-corrected chi connectivity index (χ1v) is 9.60. The molecular formula is C26H18FNO3. The van der Waals surface area contributed by atoms with Crippen molar-refractivity contribution >= 4 is 23.1 Å². The van der Waals surface area contributed by atoms with Gasteiger partial charge in [-0.25, -0.2) is 4.39 Å². The second kappa shape index (κ2) is 8.29. The smallest absolute Gasteiger partial charge is 0.201 e. The molecule has 0 spiro atoms. The molecule has 1 aromatic heterocycles. The Bertz CT molecular complexity index is 1410. The van der Waals surface area contributed by atoms with Crippen molar-refractivity contribution in [3.63, 3.8) is 0 Å². The second-order valence-corrected chi connectivity index (χ2v) is 7.01. The molecule has 3 aromatic carbocycles. The molecule has 0 aliphatic carbocycles. The molecular weight excluding hydrogens is 393 g/mol. The van der Waals surface area contributed by atoms with Crippen molar-refractivity contribution in [1.82, 2.24) is 0 Å². The number of rotatable bonds is 4. The predicted molar refractivity (Wildman–Crippen MR) is 119 cm³/mol. The van der Waals surface area contributed by atoms with Crippen LogP contribution in [0.1, 0.15) is 22.5 Å². The van der Waals surface area contributed by atoms with Gasteiger partial charge in [0.25, 0.3) is 0 Å². The summed E-state index contributed by atoms with van der Waals surface area (Å²) in [7, 11) is 1.61. The number of nitrogens with zero attached hydrogens (tertiary/aromatic N) is 1. The number of benzene rings is 3. The quantitative estimate of drug-likeness (QED) is 0.416. The number of hydrogen-bond acceptors (Lipinski definition) is 4. The maximum absolute atomic E-state index is 13.8. The van der Waals surface area contributed by atoms with Gasteiger partial charge in [-0.05, 0) is 60.0 Å². The molecule has 0 radical (unpaired) electrons. The van der Waals surface area contributed by atoms with Crippen molar-refractivity contribution in [2.75, 3.05) is 7.11 Å². The van der Waals surface area contributed by atoms with Crippen LogP contribution in [0.2, 0.25) is 0 Å². The van der Waals surface area contributed by atoms with Crippen LogP contribution in [0.5, 0.6) is 5.75 Å². The Hall–Kier alpha value is -4.17. The van der Waals surface area contributed by atoms with Crippen LogP contribution >= 0.6 is 0 Å². The summed E-state index contributed by atoms with van der Waals surface area (Å²) in [6.45, 7) is 1.94. The number of halogens is 1. The van der Waals surface area contributed by atoms with E-state index in [1.807, 2.05) is 31.2 Å². The largest absolute Gasteiger partial charge is 0.496 e. The Morgan fingerprint density at radius 3 is 2.55 bits per heavy atom. The molecule has 0 aliphatic rings. The standard InChI is InChI=1S/C26H18FNO3/c1-16-18(4-3-5-22(16)30-2)10-13-23-25(19-8-6-17(15-28)7-9-19)26(29)21-12-11-20(27)14-24(21)31-23/h3-14H,1-2H3. The van der Waals surface area contributed by atoms with Gasteiger partial charge in [-0.15, -0.1) is 0 Å². The minimum Gasteiger partial charge on any atom is -0.496 e. The zero-order chi connectivity index (χ0) is 22.0. The van der Waals surface area contributed by atoms with Gasteiger partial charge in [0.1, 0.15) is 22.9 Å². The first-order valence-electron chi connectivity index (χ1n) is 9.60. The maximum Gasteiger partial charge on any atom is 0.201 e. The van der Waals surface area contributed by atoms with Crippen LogP contribution in [-0.4, -0.2) is 7.11 Å². The molecule has 0 amide bonds. The van der Waals surface area contributed by atoms with Gasteiger partial charge in [0.15, 0.2) is 0 Å². The summed E-state index contributed by atoms with van der Waals surface area (Å²) < 4.78 is 25.1. The van der Waals surface area contributed by atoms with Gasteiger partial charge in [0, 0.05) is 6.07 Å². The lowest BCUT2D eigenvalue weighted by atomic mass is 10.00. The summed E-state index contributed by atoms with van der Waals surface area (Å²) in [5.74, 6) is 0.562. The van der Waals surface area contributed by atoms with Crippen molar-refractivity contribution in [3.8, 4) is 22.9 Å². The minimum atomic E-state index is -0.486. The number of ether oxygens (including phenoxy) is 1. The average Bonchev–Trinajstić information content (AvgIpc) is 2.78. The Balaban J connectivity index is 1.94. The molecule has 4 aromatic rings. The lowest BCUT2D eigenvalue weighted by Gasteiger charge is -2.09. The summed E-state index contributed by atoms with van der Waals surface area (Å²) in [5, 5.41) is 9.35. The Morgan fingerprint density at radius 2 is 1.84 bits per heavy atom. The van der Waals surface area contributed by atoms with Gasteiger partial charge in [-0.3, -0.25) is 4.79 Å². The van der Waals surface area contributed by atoms with Crippen LogP contribution < -0.4 is 10.2 Å². The van der Waals surface area contributed by atoms with E-state index in [2.05, 4.69) is 6.07 Å². The molecule has 4 nitrogen and oxygen atoms in total. The first kappa shape index (κ1) is 20.1. The number of hydrogen-bond donors (Lipinski definition) is 0. The summed E-state index contributed by atoms with van der Waals surface area (Å²) in [5.41, 5.74) is 3.18. The molecule has 152 valence electrons. The highest BCUT2D eigenvalue weighted by Crippen LogP contribution is 2.28. The molecule has 31 heavy (non-hydrogen) atoms. The SMILES string of the molecule is COc1cccc(C=Cc2oc3cc(F)ccc3c(=O)c2-c2ccc(C#N)cc2)c1C. The van der Waals surface area contributed by atoms with E-state index in [4.69, 9.17) is 14.4 Å². The highest BCUT2D eigenvalue weighted by Gasteiger charge is 2.15. The second-order valence-electron chi connectivity index (χ2n) is 7.01. The zero-order valence-electron chi connectivity index (χ0n) is 17.0. The summed E-state index contributed by atoms with van der Waals surface area (Å²) in [4.78, 5) is 13.3. The predicted octanol–water partition coefficient (Wildman–Crippen LogP) is 5.96. The Labute approximate surface area is 178 Å². The van der Waals surface area contributed by atoms with Crippen LogP contribution in [0, 0.1) is 24.1 Å². The normalized spacial score (nSPS) is 11.0. The molecule has 0 saturated heterocycles. The molecule has 0 aliphatic heterocycles. The molecule has 4 rings (SSSR count). The molecule has 0 bridgehead atoms. The van der Waals surface area contributed by atoms with Gasteiger partial charge in [0.2, 0.25) is 5.43 Å². The van der Waals surface area contributed by atoms with Gasteiger partial charge < -0.3 is 9.15 Å². The molecule has 1 heterocycles. The van der Waals surface area contributed by atoms with Gasteiger partial charge >= 0.3 is 0 Å². The van der Waals surface area contributed by atoms with Gasteiger partial charge in [-0.2, -0.15) is 5.26 Å². The van der Waals surface area contributed by atoms with Gasteiger partial charge in [-0.1, -0.05) is 30.3 Å². The van der Waals surface area contributed by atoms with Crippen LogP contribution in [0.3, 0.4) is 0 Å². The van der Waals surface area contributed by atoms with Crippen molar-refractivity contribution < 1.29 is 13.5 Å². The zero-order valence-corrected chi connectivity index (χ0v) is 17.0. The van der Waals surface area contributed by atoms with E-state index in [1.54, 1.807) is 37.5 Å². The third-order valence-electron chi connectivity index (χ3n) is 5.14. The van der Waals surface area contributed by atoms with E-state index < -0.39 is 5.82 Å².